The van der Waals surface area contributed by atoms with Crippen LogP contribution in [0.5, 0.6) is 0 Å². The van der Waals surface area contributed by atoms with Gasteiger partial charge in [-0.15, -0.1) is 0 Å². The van der Waals surface area contributed by atoms with Gasteiger partial charge in [-0.1, -0.05) is 29.3 Å². The Hall–Kier alpha value is -1.50. The van der Waals surface area contributed by atoms with Crippen molar-refractivity contribution in [2.24, 2.45) is 0 Å². The molecule has 0 radical (unpaired) electrons. The van der Waals surface area contributed by atoms with Crippen LogP contribution in [0, 0.1) is 0 Å². The Morgan fingerprint density at radius 2 is 1.95 bits per heavy atom. The molecule has 0 spiro atoms. The fourth-order valence-corrected chi connectivity index (χ4v) is 1.91. The summed E-state index contributed by atoms with van der Waals surface area (Å²) in [6.45, 7) is 0.0523. The minimum atomic E-state index is -1.01. The maximum absolute atomic E-state index is 11.7. The van der Waals surface area contributed by atoms with Gasteiger partial charge in [0.2, 0.25) is 0 Å². The number of aliphatic carboxylic acids is 1. The third kappa shape index (κ3) is 5.24. The molecular formula is C12H14Cl2N2O4. The predicted molar refractivity (Wildman–Crippen MR) is 76.5 cm³/mol. The average Bonchev–Trinajstić information content (AvgIpc) is 2.38. The molecule has 110 valence electrons. The molecule has 6 nitrogen and oxygen atoms in total. The van der Waals surface area contributed by atoms with Crippen molar-refractivity contribution in [1.82, 2.24) is 5.32 Å². The molecule has 8 heteroatoms. The Labute approximate surface area is 126 Å². The number of anilines is 1. The molecule has 0 aromatic heterocycles. The third-order valence-electron chi connectivity index (χ3n) is 2.43. The lowest BCUT2D eigenvalue weighted by atomic mass is 10.2. The molecule has 1 atom stereocenters. The summed E-state index contributed by atoms with van der Waals surface area (Å²) in [5, 5.41) is 14.2. The van der Waals surface area contributed by atoms with Gasteiger partial charge in [0.05, 0.1) is 28.3 Å². The molecule has 0 bridgehead atoms. The zero-order valence-corrected chi connectivity index (χ0v) is 12.2. The first-order chi connectivity index (χ1) is 9.43. The van der Waals surface area contributed by atoms with Gasteiger partial charge in [-0.05, 0) is 12.1 Å². The van der Waals surface area contributed by atoms with Crippen LogP contribution < -0.4 is 10.6 Å². The van der Waals surface area contributed by atoms with Crippen molar-refractivity contribution in [2.45, 2.75) is 12.5 Å². The minimum Gasteiger partial charge on any atom is -0.481 e. The standard InChI is InChI=1S/C12H14Cl2N2O4/c1-20-7(5-10(17)18)6-15-12(19)16-11-8(13)3-2-4-9(11)14/h2-4,7H,5-6H2,1H3,(H,17,18)(H2,15,16,19). The molecule has 0 saturated heterocycles. The zero-order valence-electron chi connectivity index (χ0n) is 10.7. The fraction of sp³-hybridized carbons (Fsp3) is 0.333. The summed E-state index contributed by atoms with van der Waals surface area (Å²) in [6, 6.07) is 4.28. The maximum atomic E-state index is 11.7. The number of amides is 2. The number of carboxylic acids is 1. The number of methoxy groups -OCH3 is 1. The SMILES string of the molecule is COC(CNC(=O)Nc1c(Cl)cccc1Cl)CC(=O)O. The van der Waals surface area contributed by atoms with Gasteiger partial charge in [-0.25, -0.2) is 4.79 Å². The number of carboxylic acid groups (broad SMARTS) is 1. The molecule has 20 heavy (non-hydrogen) atoms. The lowest BCUT2D eigenvalue weighted by molar-refractivity contribution is -0.139. The van der Waals surface area contributed by atoms with Crippen molar-refractivity contribution >= 4 is 40.9 Å². The van der Waals surface area contributed by atoms with E-state index in [9.17, 15) is 9.59 Å². The first-order valence-corrected chi connectivity index (χ1v) is 6.43. The van der Waals surface area contributed by atoms with Crippen LogP contribution in [0.1, 0.15) is 6.42 Å². The second-order valence-corrected chi connectivity index (χ2v) is 4.70. The van der Waals surface area contributed by atoms with Crippen molar-refractivity contribution in [3.05, 3.63) is 28.2 Å². The molecule has 0 heterocycles. The number of hydrogen-bond donors (Lipinski definition) is 3. The Morgan fingerprint density at radius 3 is 2.45 bits per heavy atom. The van der Waals surface area contributed by atoms with E-state index in [1.54, 1.807) is 18.2 Å². The number of urea groups is 1. The minimum absolute atomic E-state index is 0.0523. The highest BCUT2D eigenvalue weighted by molar-refractivity contribution is 6.39. The second-order valence-electron chi connectivity index (χ2n) is 3.89. The van der Waals surface area contributed by atoms with Crippen LogP contribution in [0.4, 0.5) is 10.5 Å². The zero-order chi connectivity index (χ0) is 15.1. The highest BCUT2D eigenvalue weighted by atomic mass is 35.5. The predicted octanol–water partition coefficient (Wildman–Crippen LogP) is 2.60. The molecule has 1 rings (SSSR count). The van der Waals surface area contributed by atoms with E-state index in [1.165, 1.54) is 7.11 Å². The number of carbonyl (C=O) groups is 2. The lowest BCUT2D eigenvalue weighted by Crippen LogP contribution is -2.37. The monoisotopic (exact) mass is 320 g/mol. The fourth-order valence-electron chi connectivity index (χ4n) is 1.42. The van der Waals surface area contributed by atoms with Gasteiger partial charge in [0.15, 0.2) is 0 Å². The molecule has 0 aliphatic rings. The quantitative estimate of drug-likeness (QED) is 0.751. The van der Waals surface area contributed by atoms with Crippen LogP contribution in [-0.4, -0.2) is 36.9 Å². The molecule has 1 unspecified atom stereocenters. The van der Waals surface area contributed by atoms with Gasteiger partial charge < -0.3 is 20.5 Å². The second kappa shape index (κ2) is 7.94. The van der Waals surface area contributed by atoms with Gasteiger partial charge in [0.25, 0.3) is 0 Å². The number of ether oxygens (including phenoxy) is 1. The van der Waals surface area contributed by atoms with Gasteiger partial charge in [0.1, 0.15) is 0 Å². The third-order valence-corrected chi connectivity index (χ3v) is 3.06. The number of halogens is 2. The molecule has 0 aliphatic heterocycles. The molecule has 2 amide bonds. The number of benzene rings is 1. The summed E-state index contributed by atoms with van der Waals surface area (Å²) < 4.78 is 4.93. The first kappa shape index (κ1) is 16.6. The van der Waals surface area contributed by atoms with Crippen LogP contribution in [-0.2, 0) is 9.53 Å². The first-order valence-electron chi connectivity index (χ1n) is 5.67. The number of carbonyl (C=O) groups excluding carboxylic acids is 1. The topological polar surface area (TPSA) is 87.7 Å². The van der Waals surface area contributed by atoms with Crippen LogP contribution in [0.15, 0.2) is 18.2 Å². The van der Waals surface area contributed by atoms with E-state index in [1.807, 2.05) is 0 Å². The molecule has 0 aliphatic carbocycles. The van der Waals surface area contributed by atoms with Crippen LogP contribution >= 0.6 is 23.2 Å². The van der Waals surface area contributed by atoms with E-state index in [0.717, 1.165) is 0 Å². The maximum Gasteiger partial charge on any atom is 0.319 e. The molecule has 0 fully saturated rings. The number of nitrogens with one attached hydrogen (secondary N) is 2. The van der Waals surface area contributed by atoms with Gasteiger partial charge in [0, 0.05) is 13.7 Å². The largest absolute Gasteiger partial charge is 0.481 e. The smallest absolute Gasteiger partial charge is 0.319 e. The van der Waals surface area contributed by atoms with E-state index in [2.05, 4.69) is 10.6 Å². The molecule has 1 aromatic rings. The number of para-hydroxylation sites is 1. The van der Waals surface area contributed by atoms with E-state index < -0.39 is 18.1 Å². The molecule has 0 saturated carbocycles. The normalized spacial score (nSPS) is 11.8. The summed E-state index contributed by atoms with van der Waals surface area (Å²) in [5.74, 6) is -1.01. The van der Waals surface area contributed by atoms with Crippen molar-refractivity contribution in [3.63, 3.8) is 0 Å². The summed E-state index contributed by atoms with van der Waals surface area (Å²) in [4.78, 5) is 22.2. The Kier molecular flexibility index (Phi) is 6.57. The highest BCUT2D eigenvalue weighted by Crippen LogP contribution is 2.29. The van der Waals surface area contributed by atoms with E-state index in [4.69, 9.17) is 33.0 Å². The Balaban J connectivity index is 2.53. The molecular weight excluding hydrogens is 307 g/mol. The van der Waals surface area contributed by atoms with Crippen molar-refractivity contribution < 1.29 is 19.4 Å². The number of hydrogen-bond acceptors (Lipinski definition) is 3. The lowest BCUT2D eigenvalue weighted by Gasteiger charge is -2.15. The van der Waals surface area contributed by atoms with Gasteiger partial charge in [-0.3, -0.25) is 4.79 Å². The Morgan fingerprint density at radius 1 is 1.35 bits per heavy atom. The van der Waals surface area contributed by atoms with E-state index >= 15 is 0 Å². The van der Waals surface area contributed by atoms with E-state index in [0.29, 0.717) is 15.7 Å². The van der Waals surface area contributed by atoms with Crippen LogP contribution in [0.2, 0.25) is 10.0 Å². The summed E-state index contributed by atoms with van der Waals surface area (Å²) in [5.41, 5.74) is 0.292. The van der Waals surface area contributed by atoms with Crippen molar-refractivity contribution in [3.8, 4) is 0 Å². The van der Waals surface area contributed by atoms with Gasteiger partial charge in [-0.2, -0.15) is 0 Å². The highest BCUT2D eigenvalue weighted by Gasteiger charge is 2.14. The van der Waals surface area contributed by atoms with Crippen LogP contribution in [0.3, 0.4) is 0 Å². The van der Waals surface area contributed by atoms with E-state index in [-0.39, 0.29) is 13.0 Å². The molecule has 1 aromatic carbocycles. The van der Waals surface area contributed by atoms with Crippen molar-refractivity contribution in [2.75, 3.05) is 19.0 Å². The van der Waals surface area contributed by atoms with Crippen LogP contribution in [0.25, 0.3) is 0 Å². The molecule has 3 N–H and O–H groups in total. The van der Waals surface area contributed by atoms with Crippen molar-refractivity contribution in [1.29, 1.82) is 0 Å². The number of rotatable bonds is 6. The van der Waals surface area contributed by atoms with Gasteiger partial charge >= 0.3 is 12.0 Å². The summed E-state index contributed by atoms with van der Waals surface area (Å²) in [7, 11) is 1.37. The summed E-state index contributed by atoms with van der Waals surface area (Å²) in [6.07, 6.45) is -0.816. The summed E-state index contributed by atoms with van der Waals surface area (Å²) >= 11 is 11.8. The average molecular weight is 321 g/mol. The Bertz CT molecular complexity index is 476.